The molecule has 2 aromatic carbocycles. The minimum Gasteiger partial charge on any atom is -0.497 e. The number of hydrogen-bond donors (Lipinski definition) is 0. The van der Waals surface area contributed by atoms with Gasteiger partial charge in [-0.3, -0.25) is 9.36 Å². The Bertz CT molecular complexity index is 1150. The topological polar surface area (TPSA) is 44.1 Å². The number of thiophene rings is 1. The van der Waals surface area contributed by atoms with Crippen LogP contribution in [-0.2, 0) is 6.54 Å². The summed E-state index contributed by atoms with van der Waals surface area (Å²) in [5.74, 6) is 0.768. The van der Waals surface area contributed by atoms with Crippen molar-refractivity contribution in [3.63, 3.8) is 0 Å². The summed E-state index contributed by atoms with van der Waals surface area (Å²) in [4.78, 5) is 17.4. The van der Waals surface area contributed by atoms with E-state index in [1.807, 2.05) is 53.9 Å². The van der Waals surface area contributed by atoms with E-state index in [0.29, 0.717) is 21.8 Å². The molecule has 0 fully saturated rings. The van der Waals surface area contributed by atoms with Gasteiger partial charge >= 0.3 is 0 Å². The zero-order chi connectivity index (χ0) is 18.1. The maximum absolute atomic E-state index is 12.9. The van der Waals surface area contributed by atoms with E-state index in [9.17, 15) is 4.79 Å². The molecule has 4 aromatic rings. The van der Waals surface area contributed by atoms with Gasteiger partial charge in [0, 0.05) is 16.0 Å². The number of ether oxygens (including phenoxy) is 1. The Morgan fingerprint density at radius 2 is 2.04 bits per heavy atom. The largest absolute Gasteiger partial charge is 0.497 e. The van der Waals surface area contributed by atoms with Crippen molar-refractivity contribution in [1.29, 1.82) is 0 Å². The monoisotopic (exact) mass is 382 g/mol. The molecule has 0 saturated carbocycles. The lowest BCUT2D eigenvalue weighted by molar-refractivity contribution is 0.414. The van der Waals surface area contributed by atoms with Gasteiger partial charge in [0.15, 0.2) is 0 Å². The summed E-state index contributed by atoms with van der Waals surface area (Å²) in [6, 6.07) is 15.2. The quantitative estimate of drug-likeness (QED) is 0.507. The van der Waals surface area contributed by atoms with Crippen molar-refractivity contribution < 1.29 is 4.74 Å². The van der Waals surface area contributed by atoms with Crippen LogP contribution in [0.25, 0.3) is 21.3 Å². The molecule has 4 rings (SSSR count). The molecule has 26 heavy (non-hydrogen) atoms. The van der Waals surface area contributed by atoms with Gasteiger partial charge in [-0.1, -0.05) is 35.9 Å². The highest BCUT2D eigenvalue weighted by atomic mass is 35.5. The molecule has 2 aromatic heterocycles. The molecule has 6 heteroatoms. The minimum absolute atomic E-state index is 0.0453. The molecule has 0 saturated heterocycles. The third kappa shape index (κ3) is 3.11. The first-order valence-corrected chi connectivity index (χ1v) is 9.27. The van der Waals surface area contributed by atoms with Crippen LogP contribution in [0, 0.1) is 0 Å². The fourth-order valence-corrected chi connectivity index (χ4v) is 4.05. The molecule has 0 amide bonds. The minimum atomic E-state index is -0.0453. The Morgan fingerprint density at radius 3 is 2.85 bits per heavy atom. The molecule has 0 unspecified atom stereocenters. The van der Waals surface area contributed by atoms with Crippen LogP contribution in [0.15, 0.2) is 65.0 Å². The van der Waals surface area contributed by atoms with E-state index in [2.05, 4.69) is 4.98 Å². The number of nitrogens with zero attached hydrogens (tertiary/aromatic N) is 2. The fraction of sp³-hybridized carbons (Fsp3) is 0.100. The van der Waals surface area contributed by atoms with E-state index < -0.39 is 0 Å². The zero-order valence-electron chi connectivity index (χ0n) is 14.0. The molecule has 0 atom stereocenters. The summed E-state index contributed by atoms with van der Waals surface area (Å²) in [6.07, 6.45) is 1.60. The van der Waals surface area contributed by atoms with Gasteiger partial charge in [-0.2, -0.15) is 0 Å². The number of halogens is 1. The lowest BCUT2D eigenvalue weighted by Crippen LogP contribution is -2.20. The molecule has 2 heterocycles. The van der Waals surface area contributed by atoms with E-state index in [-0.39, 0.29) is 5.56 Å². The standard InChI is InChI=1S/C20H15ClN2O2S/c1-25-16-7-2-4-13(8-16)10-23-12-22-18-17(11-26-19(18)20(23)24)14-5-3-6-15(21)9-14/h2-9,11-12H,10H2,1H3. The van der Waals surface area contributed by atoms with Gasteiger partial charge in [-0.05, 0) is 35.4 Å². The second-order valence-corrected chi connectivity index (χ2v) is 7.18. The van der Waals surface area contributed by atoms with Crippen LogP contribution in [0.2, 0.25) is 5.02 Å². The Labute approximate surface area is 159 Å². The summed E-state index contributed by atoms with van der Waals surface area (Å²) >= 11 is 7.50. The zero-order valence-corrected chi connectivity index (χ0v) is 15.6. The molecule has 0 aliphatic rings. The van der Waals surface area contributed by atoms with Gasteiger partial charge in [0.2, 0.25) is 0 Å². The lowest BCUT2D eigenvalue weighted by Gasteiger charge is -2.07. The second-order valence-electron chi connectivity index (χ2n) is 5.87. The molecular formula is C20H15ClN2O2S. The smallest absolute Gasteiger partial charge is 0.271 e. The molecule has 0 spiro atoms. The average molecular weight is 383 g/mol. The molecule has 0 bridgehead atoms. The highest BCUT2D eigenvalue weighted by Gasteiger charge is 2.13. The molecule has 4 nitrogen and oxygen atoms in total. The van der Waals surface area contributed by atoms with Crippen molar-refractivity contribution in [2.75, 3.05) is 7.11 Å². The van der Waals surface area contributed by atoms with Gasteiger partial charge in [0.05, 0.1) is 25.5 Å². The predicted molar refractivity (Wildman–Crippen MR) is 106 cm³/mol. The first kappa shape index (κ1) is 16.8. The van der Waals surface area contributed by atoms with Crippen LogP contribution in [-0.4, -0.2) is 16.7 Å². The summed E-state index contributed by atoms with van der Waals surface area (Å²) in [7, 11) is 1.63. The number of aromatic nitrogens is 2. The molecule has 0 N–H and O–H groups in total. The number of fused-ring (bicyclic) bond motifs is 1. The van der Waals surface area contributed by atoms with Crippen LogP contribution in [0.3, 0.4) is 0 Å². The van der Waals surface area contributed by atoms with Crippen LogP contribution in [0.1, 0.15) is 5.56 Å². The highest BCUT2D eigenvalue weighted by Crippen LogP contribution is 2.32. The Morgan fingerprint density at radius 1 is 1.19 bits per heavy atom. The van der Waals surface area contributed by atoms with E-state index in [4.69, 9.17) is 16.3 Å². The first-order valence-electron chi connectivity index (χ1n) is 8.01. The number of benzene rings is 2. The molecular weight excluding hydrogens is 368 g/mol. The maximum Gasteiger partial charge on any atom is 0.271 e. The van der Waals surface area contributed by atoms with E-state index >= 15 is 0 Å². The van der Waals surface area contributed by atoms with Gasteiger partial charge in [-0.15, -0.1) is 11.3 Å². The van der Waals surface area contributed by atoms with Crippen molar-refractivity contribution in [3.05, 3.63) is 81.2 Å². The van der Waals surface area contributed by atoms with Crippen LogP contribution in [0.5, 0.6) is 5.75 Å². The summed E-state index contributed by atoms with van der Waals surface area (Å²) in [5, 5.41) is 2.62. The third-order valence-corrected chi connectivity index (χ3v) is 5.36. The van der Waals surface area contributed by atoms with Gasteiger partial charge < -0.3 is 4.74 Å². The van der Waals surface area contributed by atoms with Crippen LogP contribution in [0.4, 0.5) is 0 Å². The van der Waals surface area contributed by atoms with Crippen LogP contribution < -0.4 is 10.3 Å². The van der Waals surface area contributed by atoms with Gasteiger partial charge in [-0.25, -0.2) is 4.98 Å². The SMILES string of the molecule is COc1cccc(Cn2cnc3c(-c4cccc(Cl)c4)csc3c2=O)c1. The highest BCUT2D eigenvalue weighted by molar-refractivity contribution is 7.17. The third-order valence-electron chi connectivity index (χ3n) is 4.17. The number of methoxy groups -OCH3 is 1. The van der Waals surface area contributed by atoms with Crippen molar-refractivity contribution in [2.24, 2.45) is 0 Å². The van der Waals surface area contributed by atoms with Crippen LogP contribution >= 0.6 is 22.9 Å². The Kier molecular flexibility index (Phi) is 4.49. The second kappa shape index (κ2) is 6.94. The van der Waals surface area contributed by atoms with Gasteiger partial charge in [0.1, 0.15) is 10.4 Å². The normalized spacial score (nSPS) is 11.0. The van der Waals surface area contributed by atoms with Crippen molar-refractivity contribution in [3.8, 4) is 16.9 Å². The Hall–Kier alpha value is -2.63. The number of rotatable bonds is 4. The predicted octanol–water partition coefficient (Wildman–Crippen LogP) is 4.84. The summed E-state index contributed by atoms with van der Waals surface area (Å²) in [5.41, 5.74) is 3.54. The average Bonchev–Trinajstić information content (AvgIpc) is 3.09. The van der Waals surface area contributed by atoms with E-state index in [1.54, 1.807) is 18.0 Å². The molecule has 0 aliphatic heterocycles. The summed E-state index contributed by atoms with van der Waals surface area (Å²) in [6.45, 7) is 0.448. The Balaban J connectivity index is 1.75. The van der Waals surface area contributed by atoms with Crippen molar-refractivity contribution in [1.82, 2.24) is 9.55 Å². The number of hydrogen-bond acceptors (Lipinski definition) is 4. The summed E-state index contributed by atoms with van der Waals surface area (Å²) < 4.78 is 7.51. The molecule has 130 valence electrons. The molecule has 0 radical (unpaired) electrons. The van der Waals surface area contributed by atoms with Gasteiger partial charge in [0.25, 0.3) is 5.56 Å². The fourth-order valence-electron chi connectivity index (χ4n) is 2.88. The molecule has 0 aliphatic carbocycles. The van der Waals surface area contributed by atoms with Crippen molar-refractivity contribution >= 4 is 33.2 Å². The first-order chi connectivity index (χ1) is 12.7. The van der Waals surface area contributed by atoms with Crippen molar-refractivity contribution in [2.45, 2.75) is 6.54 Å². The van der Waals surface area contributed by atoms with E-state index in [0.717, 1.165) is 22.4 Å². The van der Waals surface area contributed by atoms with E-state index in [1.165, 1.54) is 11.3 Å². The maximum atomic E-state index is 12.9. The lowest BCUT2D eigenvalue weighted by atomic mass is 10.1.